The third-order valence-electron chi connectivity index (χ3n) is 11.7. The first-order chi connectivity index (χ1) is 24.6. The summed E-state index contributed by atoms with van der Waals surface area (Å²) in [4.78, 5) is 16.7. The fourth-order valence-corrected chi connectivity index (χ4v) is 11.2. The van der Waals surface area contributed by atoms with E-state index >= 15 is 0 Å². The van der Waals surface area contributed by atoms with Crippen LogP contribution in [0.1, 0.15) is 61.8 Å². The Bertz CT molecular complexity index is 2070. The topological polar surface area (TPSA) is 175 Å². The predicted octanol–water partition coefficient (Wildman–Crippen LogP) is 3.43. The van der Waals surface area contributed by atoms with E-state index in [0.29, 0.717) is 64.5 Å². The van der Waals surface area contributed by atoms with Crippen molar-refractivity contribution in [3.63, 3.8) is 0 Å². The second-order valence-electron chi connectivity index (χ2n) is 14.1. The highest BCUT2D eigenvalue weighted by Crippen LogP contribution is 2.63. The first-order valence-electron chi connectivity index (χ1n) is 17.0. The number of carbonyl (C=O) groups excluding carboxylic acids is 1. The van der Waals surface area contributed by atoms with Crippen molar-refractivity contribution in [3.05, 3.63) is 62.7 Å². The van der Waals surface area contributed by atoms with Crippen molar-refractivity contribution >= 4 is 17.7 Å². The Morgan fingerprint density at radius 3 is 2.59 bits per heavy atom. The Morgan fingerprint density at radius 1 is 1.02 bits per heavy atom. The van der Waals surface area contributed by atoms with Gasteiger partial charge in [0.15, 0.2) is 40.0 Å². The number of phenolic OH excluding ortho intramolecular Hbond substituents is 3. The fraction of sp³-hybridized carbons (Fsp3) is 0.459. The number of piperazine rings is 1. The normalized spacial score (nSPS) is 30.0. The summed E-state index contributed by atoms with van der Waals surface area (Å²) < 4.78 is 29.5. The molecule has 10 rings (SSSR count). The van der Waals surface area contributed by atoms with Crippen molar-refractivity contribution < 1.29 is 43.8 Å². The minimum atomic E-state index is -1.32. The van der Waals surface area contributed by atoms with Crippen LogP contribution in [0.4, 0.5) is 0 Å². The molecule has 3 aromatic carbocycles. The van der Waals surface area contributed by atoms with Crippen molar-refractivity contribution in [2.45, 2.75) is 67.7 Å². The zero-order valence-corrected chi connectivity index (χ0v) is 29.3. The standard InChI is InChI=1S/C37H38N4O9S/c1-15-7-18-8-20-21(11-38)41-22-12-48-36(45)37(19-10-24(46-3)23(42)9-17(19)5-6-39-37)13-51-35(29(41)28(40-20)25(18)31(44)32(15)47-4)27-26(22)34-33(49-14-50-34)16(2)30(27)43/h7,9-10,20-22,28-29,35,39-40,42-44H,5-6,8,12-14H2,1-4H3/t20-,21+,22+,28?,29?,35-,37-/m1/s1. The molecule has 51 heavy (non-hydrogen) atoms. The number of nitrogens with zero attached hydrogens (tertiary/aromatic N) is 2. The monoisotopic (exact) mass is 714 g/mol. The summed E-state index contributed by atoms with van der Waals surface area (Å²) in [5, 5.41) is 52.2. The van der Waals surface area contributed by atoms with Gasteiger partial charge in [-0.05, 0) is 61.1 Å². The zero-order chi connectivity index (χ0) is 35.5. The lowest BCUT2D eigenvalue weighted by atomic mass is 9.72. The summed E-state index contributed by atoms with van der Waals surface area (Å²) in [5.74, 6) is 1.29. The van der Waals surface area contributed by atoms with E-state index in [1.807, 2.05) is 13.0 Å². The van der Waals surface area contributed by atoms with Crippen LogP contribution in [0.25, 0.3) is 0 Å². The molecule has 0 aliphatic carbocycles. The number of methoxy groups -OCH3 is 2. The smallest absolute Gasteiger partial charge is 0.331 e. The molecule has 14 heteroatoms. The number of esters is 1. The molecular formula is C37H38N4O9S. The SMILES string of the molecule is COc1cc2c(cc1O)CCN[C@]21CS[C@@H]2c3c(O)c(C)c4c(c3[C@H](COC1=O)N1C2C2N[C@H](Cc3cc(C)c(OC)c(O)c32)[C@@H]1C#N)OCO4. The molecular weight excluding hydrogens is 676 g/mol. The van der Waals surface area contributed by atoms with Crippen LogP contribution in [0, 0.1) is 25.2 Å². The number of nitrogens with one attached hydrogen (secondary N) is 2. The van der Waals surface area contributed by atoms with Crippen LogP contribution in [-0.2, 0) is 27.9 Å². The average molecular weight is 715 g/mol. The molecule has 1 spiro atoms. The third-order valence-corrected chi connectivity index (χ3v) is 13.2. The van der Waals surface area contributed by atoms with Crippen LogP contribution in [0.2, 0.25) is 0 Å². The van der Waals surface area contributed by atoms with E-state index in [2.05, 4.69) is 21.6 Å². The first-order valence-corrected chi connectivity index (χ1v) is 18.1. The van der Waals surface area contributed by atoms with Gasteiger partial charge in [-0.2, -0.15) is 5.26 Å². The summed E-state index contributed by atoms with van der Waals surface area (Å²) in [6, 6.07) is 5.25. The Morgan fingerprint density at radius 2 is 1.82 bits per heavy atom. The van der Waals surface area contributed by atoms with Gasteiger partial charge in [-0.3, -0.25) is 10.2 Å². The van der Waals surface area contributed by atoms with Gasteiger partial charge in [-0.1, -0.05) is 6.07 Å². The lowest BCUT2D eigenvalue weighted by Gasteiger charge is -2.59. The quantitative estimate of drug-likeness (QED) is 0.244. The number of nitriles is 1. The van der Waals surface area contributed by atoms with Crippen LogP contribution < -0.4 is 29.6 Å². The van der Waals surface area contributed by atoms with E-state index in [0.717, 1.165) is 16.7 Å². The highest BCUT2D eigenvalue weighted by Gasteiger charge is 2.60. The van der Waals surface area contributed by atoms with E-state index in [9.17, 15) is 25.4 Å². The fourth-order valence-electron chi connectivity index (χ4n) is 9.53. The van der Waals surface area contributed by atoms with Gasteiger partial charge in [-0.15, -0.1) is 11.8 Å². The number of phenols is 3. The highest BCUT2D eigenvalue weighted by molar-refractivity contribution is 7.99. The number of aromatic hydroxyl groups is 3. The van der Waals surface area contributed by atoms with E-state index in [1.54, 1.807) is 19.1 Å². The molecule has 2 unspecified atom stereocenters. The Kier molecular flexibility index (Phi) is 7.28. The maximum absolute atomic E-state index is 14.6. The molecule has 0 aromatic heterocycles. The lowest BCUT2D eigenvalue weighted by molar-refractivity contribution is -0.155. The number of rotatable bonds is 2. The molecule has 7 aliphatic heterocycles. The molecule has 0 amide bonds. The van der Waals surface area contributed by atoms with Gasteiger partial charge in [0.05, 0.1) is 37.6 Å². The van der Waals surface area contributed by atoms with Crippen molar-refractivity contribution in [2.24, 2.45) is 0 Å². The molecule has 0 radical (unpaired) electrons. The first kappa shape index (κ1) is 32.4. The average Bonchev–Trinajstić information content (AvgIpc) is 3.61. The molecule has 13 nitrogen and oxygen atoms in total. The van der Waals surface area contributed by atoms with E-state index in [-0.39, 0.29) is 48.2 Å². The molecule has 266 valence electrons. The molecule has 7 aliphatic rings. The predicted molar refractivity (Wildman–Crippen MR) is 184 cm³/mol. The minimum Gasteiger partial charge on any atom is -0.507 e. The van der Waals surface area contributed by atoms with Gasteiger partial charge in [0.1, 0.15) is 18.4 Å². The van der Waals surface area contributed by atoms with Crippen molar-refractivity contribution in [1.29, 1.82) is 5.26 Å². The number of carbonyl (C=O) groups is 1. The number of benzene rings is 3. The van der Waals surface area contributed by atoms with Crippen molar-refractivity contribution in [2.75, 3.05) is 39.9 Å². The molecule has 5 N–H and O–H groups in total. The molecule has 2 fully saturated rings. The number of thioether (sulfide) groups is 1. The van der Waals surface area contributed by atoms with Crippen molar-refractivity contribution in [3.8, 4) is 46.3 Å². The van der Waals surface area contributed by atoms with E-state index in [4.69, 9.17) is 23.7 Å². The number of hydrogen-bond acceptors (Lipinski definition) is 14. The molecule has 2 saturated heterocycles. The largest absolute Gasteiger partial charge is 0.507 e. The Balaban J connectivity index is 1.29. The summed E-state index contributed by atoms with van der Waals surface area (Å²) >= 11 is 1.47. The molecule has 4 bridgehead atoms. The second kappa shape index (κ2) is 11.5. The maximum atomic E-state index is 14.6. The lowest BCUT2D eigenvalue weighted by Crippen LogP contribution is -2.69. The Hall–Kier alpha value is -4.55. The number of fused-ring (bicyclic) bond motifs is 9. The van der Waals surface area contributed by atoms with Crippen LogP contribution >= 0.6 is 11.8 Å². The number of aryl methyl sites for hydroxylation is 1. The minimum absolute atomic E-state index is 0.0129. The van der Waals surface area contributed by atoms with Crippen LogP contribution in [-0.4, -0.2) is 84.2 Å². The van der Waals surface area contributed by atoms with Crippen LogP contribution in [0.15, 0.2) is 18.2 Å². The van der Waals surface area contributed by atoms with Crippen LogP contribution in [0.3, 0.4) is 0 Å². The highest BCUT2D eigenvalue weighted by atomic mass is 32.2. The summed E-state index contributed by atoms with van der Waals surface area (Å²) in [7, 11) is 3.00. The van der Waals surface area contributed by atoms with E-state index in [1.165, 1.54) is 26.0 Å². The van der Waals surface area contributed by atoms with Gasteiger partial charge in [0.2, 0.25) is 6.79 Å². The van der Waals surface area contributed by atoms with Gasteiger partial charge in [-0.25, -0.2) is 4.79 Å². The Labute approximate surface area is 298 Å². The molecule has 7 heterocycles. The van der Waals surface area contributed by atoms with Gasteiger partial charge in [0.25, 0.3) is 0 Å². The number of hydrogen-bond donors (Lipinski definition) is 5. The van der Waals surface area contributed by atoms with Gasteiger partial charge in [0, 0.05) is 46.6 Å². The molecule has 7 atom stereocenters. The van der Waals surface area contributed by atoms with Crippen molar-refractivity contribution in [1.82, 2.24) is 15.5 Å². The summed E-state index contributed by atoms with van der Waals surface area (Å²) in [6.45, 7) is 3.95. The maximum Gasteiger partial charge on any atom is 0.331 e. The van der Waals surface area contributed by atoms with Gasteiger partial charge < -0.3 is 44.3 Å². The van der Waals surface area contributed by atoms with Gasteiger partial charge >= 0.3 is 5.97 Å². The zero-order valence-electron chi connectivity index (χ0n) is 28.5. The second-order valence-corrected chi connectivity index (χ2v) is 15.2. The molecule has 0 saturated carbocycles. The third kappa shape index (κ3) is 4.29. The summed E-state index contributed by atoms with van der Waals surface area (Å²) in [5.41, 5.74) is 4.35. The van der Waals surface area contributed by atoms with Crippen LogP contribution in [0.5, 0.6) is 40.2 Å². The summed E-state index contributed by atoms with van der Waals surface area (Å²) in [6.07, 6.45) is 1.06. The molecule has 3 aromatic rings. The number of ether oxygens (including phenoxy) is 5. The van der Waals surface area contributed by atoms with E-state index < -0.39 is 40.9 Å².